The molecule has 6 nitrogen and oxygen atoms in total. The van der Waals surface area contributed by atoms with Gasteiger partial charge in [-0.3, -0.25) is 14.4 Å². The van der Waals surface area contributed by atoms with Crippen molar-refractivity contribution in [2.24, 2.45) is 5.92 Å². The van der Waals surface area contributed by atoms with E-state index in [2.05, 4.69) is 13.0 Å². The van der Waals surface area contributed by atoms with E-state index >= 15 is 0 Å². The Morgan fingerprint density at radius 3 is 2.31 bits per heavy atom. The van der Waals surface area contributed by atoms with Crippen molar-refractivity contribution in [2.45, 2.75) is 65.3 Å². The van der Waals surface area contributed by atoms with Crippen molar-refractivity contribution in [1.29, 1.82) is 0 Å². The van der Waals surface area contributed by atoms with Gasteiger partial charge in [-0.05, 0) is 48.1 Å². The molecule has 0 spiro atoms. The molecule has 0 aliphatic heterocycles. The van der Waals surface area contributed by atoms with E-state index in [1.54, 1.807) is 11.8 Å². The van der Waals surface area contributed by atoms with Crippen molar-refractivity contribution in [2.75, 3.05) is 20.8 Å². The van der Waals surface area contributed by atoms with Crippen LogP contribution in [0.4, 0.5) is 0 Å². The first-order valence-electron chi connectivity index (χ1n) is 12.5. The maximum Gasteiger partial charge on any atom is 0.309 e. The number of methoxy groups -OCH3 is 1. The van der Waals surface area contributed by atoms with Crippen LogP contribution in [-0.2, 0) is 36.8 Å². The Morgan fingerprint density at radius 1 is 0.914 bits per heavy atom. The third-order valence-corrected chi connectivity index (χ3v) is 6.04. The molecule has 0 N–H and O–H groups in total. The number of hydrogen-bond donors (Lipinski definition) is 0. The lowest BCUT2D eigenvalue weighted by Gasteiger charge is -2.18. The maximum atomic E-state index is 12.4. The average molecular weight is 482 g/mol. The molecule has 0 saturated heterocycles. The minimum Gasteiger partial charge on any atom is -0.469 e. The van der Waals surface area contributed by atoms with Crippen LogP contribution in [0.25, 0.3) is 11.1 Å². The summed E-state index contributed by atoms with van der Waals surface area (Å²) in [6.07, 6.45) is 5.38. The van der Waals surface area contributed by atoms with Crippen LogP contribution >= 0.6 is 0 Å². The zero-order valence-corrected chi connectivity index (χ0v) is 21.5. The van der Waals surface area contributed by atoms with Gasteiger partial charge in [0.25, 0.3) is 0 Å². The SMILES string of the molecule is CCCCCCC(=O)N(C)Cc1cccc(-c2ccc(CC(CC(=O)OCC)C(=O)OC)cc2)c1. The zero-order valence-electron chi connectivity index (χ0n) is 21.5. The van der Waals surface area contributed by atoms with E-state index in [0.29, 0.717) is 19.4 Å². The quantitative estimate of drug-likeness (QED) is 0.261. The topological polar surface area (TPSA) is 72.9 Å². The first-order chi connectivity index (χ1) is 16.9. The Balaban J connectivity index is 2.02. The summed E-state index contributed by atoms with van der Waals surface area (Å²) in [5.74, 6) is -1.22. The van der Waals surface area contributed by atoms with E-state index in [1.165, 1.54) is 13.5 Å². The molecule has 0 heterocycles. The Hall–Kier alpha value is -3.15. The summed E-state index contributed by atoms with van der Waals surface area (Å²) in [5, 5.41) is 0. The van der Waals surface area contributed by atoms with E-state index in [0.717, 1.165) is 41.5 Å². The first kappa shape index (κ1) is 28.1. The second-order valence-corrected chi connectivity index (χ2v) is 8.89. The Bertz CT molecular complexity index is 954. The van der Waals surface area contributed by atoms with Crippen molar-refractivity contribution in [3.8, 4) is 11.1 Å². The Kier molecular flexibility index (Phi) is 12.0. The van der Waals surface area contributed by atoms with E-state index in [-0.39, 0.29) is 18.9 Å². The van der Waals surface area contributed by atoms with Gasteiger partial charge >= 0.3 is 11.9 Å². The number of esters is 2. The largest absolute Gasteiger partial charge is 0.469 e. The molecule has 0 aliphatic rings. The molecule has 2 rings (SSSR count). The number of carbonyl (C=O) groups excluding carboxylic acids is 3. The van der Waals surface area contributed by atoms with Gasteiger partial charge in [-0.25, -0.2) is 0 Å². The molecule has 1 atom stereocenters. The normalized spacial score (nSPS) is 11.5. The van der Waals surface area contributed by atoms with Gasteiger partial charge < -0.3 is 14.4 Å². The van der Waals surface area contributed by atoms with Gasteiger partial charge in [0.2, 0.25) is 5.91 Å². The van der Waals surface area contributed by atoms with E-state index in [4.69, 9.17) is 9.47 Å². The van der Waals surface area contributed by atoms with Crippen molar-refractivity contribution in [1.82, 2.24) is 4.90 Å². The van der Waals surface area contributed by atoms with Crippen LogP contribution < -0.4 is 0 Å². The van der Waals surface area contributed by atoms with Crippen molar-refractivity contribution in [3.05, 3.63) is 59.7 Å². The molecular formula is C29H39NO5. The lowest BCUT2D eigenvalue weighted by molar-refractivity contribution is -0.153. The third kappa shape index (κ3) is 9.55. The summed E-state index contributed by atoms with van der Waals surface area (Å²) in [6.45, 7) is 4.76. The fourth-order valence-corrected chi connectivity index (χ4v) is 4.05. The molecule has 0 aliphatic carbocycles. The molecule has 0 radical (unpaired) electrons. The van der Waals surface area contributed by atoms with Crippen LogP contribution in [0.15, 0.2) is 48.5 Å². The summed E-state index contributed by atoms with van der Waals surface area (Å²) in [7, 11) is 3.19. The lowest BCUT2D eigenvalue weighted by Crippen LogP contribution is -2.25. The molecule has 0 saturated carbocycles. The summed E-state index contributed by atoms with van der Waals surface area (Å²) in [6, 6.07) is 16.1. The van der Waals surface area contributed by atoms with Crippen LogP contribution in [0.1, 0.15) is 63.5 Å². The molecule has 0 fully saturated rings. The molecule has 2 aromatic carbocycles. The highest BCUT2D eigenvalue weighted by molar-refractivity contribution is 5.80. The number of carbonyl (C=O) groups is 3. The van der Waals surface area contributed by atoms with Crippen molar-refractivity contribution >= 4 is 17.8 Å². The smallest absolute Gasteiger partial charge is 0.309 e. The number of hydrogen-bond acceptors (Lipinski definition) is 5. The Morgan fingerprint density at radius 2 is 1.66 bits per heavy atom. The summed E-state index contributed by atoms with van der Waals surface area (Å²) < 4.78 is 9.87. The number of amides is 1. The van der Waals surface area contributed by atoms with E-state index in [1.807, 2.05) is 49.5 Å². The molecule has 1 unspecified atom stereocenters. The highest BCUT2D eigenvalue weighted by atomic mass is 16.5. The van der Waals surface area contributed by atoms with Crippen LogP contribution in [0.5, 0.6) is 0 Å². The second kappa shape index (κ2) is 15.0. The van der Waals surface area contributed by atoms with E-state index in [9.17, 15) is 14.4 Å². The minimum absolute atomic E-state index is 0.00481. The molecule has 35 heavy (non-hydrogen) atoms. The molecular weight excluding hydrogens is 442 g/mol. The van der Waals surface area contributed by atoms with E-state index < -0.39 is 17.9 Å². The first-order valence-corrected chi connectivity index (χ1v) is 12.5. The second-order valence-electron chi connectivity index (χ2n) is 8.89. The molecule has 6 heteroatoms. The van der Waals surface area contributed by atoms with Gasteiger partial charge in [-0.1, -0.05) is 68.7 Å². The van der Waals surface area contributed by atoms with Crippen molar-refractivity contribution in [3.63, 3.8) is 0 Å². The predicted octanol–water partition coefficient (Wildman–Crippen LogP) is 5.57. The molecule has 0 bridgehead atoms. The minimum atomic E-state index is -0.580. The number of rotatable bonds is 14. The highest BCUT2D eigenvalue weighted by Gasteiger charge is 2.24. The lowest BCUT2D eigenvalue weighted by atomic mass is 9.94. The average Bonchev–Trinajstić information content (AvgIpc) is 2.86. The molecule has 190 valence electrons. The fourth-order valence-electron chi connectivity index (χ4n) is 4.05. The van der Waals surface area contributed by atoms with Crippen LogP contribution in [0.3, 0.4) is 0 Å². The summed E-state index contributed by atoms with van der Waals surface area (Å²) in [4.78, 5) is 38.2. The van der Waals surface area contributed by atoms with Crippen LogP contribution in [0.2, 0.25) is 0 Å². The number of nitrogens with zero attached hydrogens (tertiary/aromatic N) is 1. The Labute approximate surface area is 209 Å². The maximum absolute atomic E-state index is 12.4. The fraction of sp³-hybridized carbons (Fsp3) is 0.483. The zero-order chi connectivity index (χ0) is 25.6. The molecule has 2 aromatic rings. The predicted molar refractivity (Wildman–Crippen MR) is 138 cm³/mol. The monoisotopic (exact) mass is 481 g/mol. The van der Waals surface area contributed by atoms with Gasteiger partial charge in [0, 0.05) is 20.0 Å². The van der Waals surface area contributed by atoms with Crippen molar-refractivity contribution < 1.29 is 23.9 Å². The van der Waals surface area contributed by atoms with Gasteiger partial charge in [-0.2, -0.15) is 0 Å². The highest BCUT2D eigenvalue weighted by Crippen LogP contribution is 2.23. The summed E-state index contributed by atoms with van der Waals surface area (Å²) >= 11 is 0. The van der Waals surface area contributed by atoms with Gasteiger partial charge in [-0.15, -0.1) is 0 Å². The number of ether oxygens (including phenoxy) is 2. The van der Waals surface area contributed by atoms with Gasteiger partial charge in [0.05, 0.1) is 26.1 Å². The van der Waals surface area contributed by atoms with Crippen LogP contribution in [-0.4, -0.2) is 43.5 Å². The third-order valence-electron chi connectivity index (χ3n) is 6.04. The molecule has 0 aromatic heterocycles. The molecule has 1 amide bonds. The summed E-state index contributed by atoms with van der Waals surface area (Å²) in [5.41, 5.74) is 4.13. The standard InChI is InChI=1S/C29H39NO5/c1-5-7-8-9-13-27(31)30(3)21-23-11-10-12-25(19-23)24-16-14-22(15-17-24)18-26(29(33)34-4)20-28(32)35-6-2/h10-12,14-17,19,26H,5-9,13,18,20-21H2,1-4H3. The van der Waals surface area contributed by atoms with Gasteiger partial charge in [0.1, 0.15) is 0 Å². The number of benzene rings is 2. The number of unbranched alkanes of at least 4 members (excludes halogenated alkanes) is 3. The van der Waals surface area contributed by atoms with Gasteiger partial charge in [0.15, 0.2) is 0 Å². The van der Waals surface area contributed by atoms with Crippen LogP contribution in [0, 0.1) is 5.92 Å².